The Labute approximate surface area is 85.0 Å². The molecule has 1 aromatic rings. The predicted molar refractivity (Wildman–Crippen MR) is 60.1 cm³/mol. The number of hydrogen-bond acceptors (Lipinski definition) is 2. The Morgan fingerprint density at radius 2 is 2.15 bits per heavy atom. The molecule has 0 aliphatic carbocycles. The van der Waals surface area contributed by atoms with E-state index in [1.807, 2.05) is 0 Å². The molecular weight excluding hydrogens is 178 g/mol. The van der Waals surface area contributed by atoms with Crippen LogP contribution in [0.4, 0.5) is 0 Å². The minimum absolute atomic E-state index is 0.169. The molecule has 0 radical (unpaired) electrons. The molecule has 74 valence electrons. The molecule has 2 heteroatoms. The quantitative estimate of drug-likeness (QED) is 0.788. The molecule has 13 heavy (non-hydrogen) atoms. The van der Waals surface area contributed by atoms with E-state index in [1.165, 1.54) is 10.4 Å². The van der Waals surface area contributed by atoms with Crippen LogP contribution in [0.15, 0.2) is 11.4 Å². The summed E-state index contributed by atoms with van der Waals surface area (Å²) in [6.45, 7) is 8.77. The first-order valence-electron chi connectivity index (χ1n) is 4.78. The lowest BCUT2D eigenvalue weighted by Crippen LogP contribution is -2.28. The highest BCUT2D eigenvalue weighted by Crippen LogP contribution is 2.35. The molecule has 0 bridgehead atoms. The summed E-state index contributed by atoms with van der Waals surface area (Å²) in [6, 6.07) is 2.37. The molecule has 0 saturated heterocycles. The molecule has 1 heterocycles. The van der Waals surface area contributed by atoms with Gasteiger partial charge in [0, 0.05) is 10.9 Å². The van der Waals surface area contributed by atoms with E-state index in [4.69, 9.17) is 5.73 Å². The number of hydrogen-bond donors (Lipinski definition) is 1. The van der Waals surface area contributed by atoms with Crippen molar-refractivity contribution < 1.29 is 0 Å². The first kappa shape index (κ1) is 10.7. The first-order chi connectivity index (χ1) is 5.97. The molecule has 1 aromatic heterocycles. The zero-order chi connectivity index (χ0) is 10.1. The molecule has 0 fully saturated rings. The second kappa shape index (κ2) is 3.81. The van der Waals surface area contributed by atoms with Crippen LogP contribution in [0.1, 0.15) is 43.7 Å². The minimum Gasteiger partial charge on any atom is -0.323 e. The Morgan fingerprint density at radius 1 is 1.54 bits per heavy atom. The molecular formula is C11H19NS. The lowest BCUT2D eigenvalue weighted by Gasteiger charge is -2.29. The average Bonchev–Trinajstić information content (AvgIpc) is 2.50. The molecule has 1 unspecified atom stereocenters. The third kappa shape index (κ3) is 2.32. The topological polar surface area (TPSA) is 26.0 Å². The van der Waals surface area contributed by atoms with Crippen molar-refractivity contribution in [2.45, 2.75) is 40.2 Å². The van der Waals surface area contributed by atoms with Gasteiger partial charge in [-0.2, -0.15) is 0 Å². The maximum atomic E-state index is 6.20. The fourth-order valence-corrected chi connectivity index (χ4v) is 2.04. The largest absolute Gasteiger partial charge is 0.323 e. The molecule has 0 aliphatic rings. The summed E-state index contributed by atoms with van der Waals surface area (Å²) in [7, 11) is 0. The Kier molecular flexibility index (Phi) is 3.14. The van der Waals surface area contributed by atoms with Crippen molar-refractivity contribution in [3.05, 3.63) is 21.9 Å². The van der Waals surface area contributed by atoms with Gasteiger partial charge in [-0.25, -0.2) is 0 Å². The van der Waals surface area contributed by atoms with E-state index in [9.17, 15) is 0 Å². The van der Waals surface area contributed by atoms with Crippen LogP contribution in [0.3, 0.4) is 0 Å². The third-order valence-corrected chi connectivity index (χ3v) is 3.74. The van der Waals surface area contributed by atoms with Crippen molar-refractivity contribution >= 4 is 11.3 Å². The molecule has 1 rings (SSSR count). The lowest BCUT2D eigenvalue weighted by molar-refractivity contribution is 0.279. The molecule has 0 aliphatic heterocycles. The van der Waals surface area contributed by atoms with E-state index in [0.717, 1.165) is 6.42 Å². The Balaban J connectivity index is 2.84. The fourth-order valence-electron chi connectivity index (χ4n) is 1.30. The molecule has 0 saturated carbocycles. The fraction of sp³-hybridized carbons (Fsp3) is 0.636. The molecule has 2 N–H and O–H groups in total. The summed E-state index contributed by atoms with van der Waals surface area (Å²) in [6.07, 6.45) is 1.11. The van der Waals surface area contributed by atoms with Crippen molar-refractivity contribution in [1.29, 1.82) is 0 Å². The standard InChI is InChI=1S/C11H19NS/c1-5-11(3,4)10(12)9-6-8(2)13-7-9/h6-7,10H,5,12H2,1-4H3. The van der Waals surface area contributed by atoms with Gasteiger partial charge in [0.15, 0.2) is 0 Å². The zero-order valence-corrected chi connectivity index (χ0v) is 9.74. The summed E-state index contributed by atoms with van der Waals surface area (Å²) in [5, 5.41) is 2.18. The van der Waals surface area contributed by atoms with Crippen LogP contribution < -0.4 is 5.73 Å². The second-order valence-electron chi connectivity index (χ2n) is 4.31. The molecule has 1 nitrogen and oxygen atoms in total. The highest BCUT2D eigenvalue weighted by atomic mass is 32.1. The normalized spacial score (nSPS) is 14.5. The number of nitrogens with two attached hydrogens (primary N) is 1. The van der Waals surface area contributed by atoms with E-state index in [2.05, 4.69) is 39.1 Å². The number of thiophene rings is 1. The van der Waals surface area contributed by atoms with Crippen molar-refractivity contribution in [1.82, 2.24) is 0 Å². The van der Waals surface area contributed by atoms with Gasteiger partial charge in [-0.3, -0.25) is 0 Å². The van der Waals surface area contributed by atoms with Crippen molar-refractivity contribution in [3.8, 4) is 0 Å². The second-order valence-corrected chi connectivity index (χ2v) is 5.43. The number of aryl methyl sites for hydroxylation is 1. The maximum absolute atomic E-state index is 6.20. The van der Waals surface area contributed by atoms with Gasteiger partial charge in [-0.05, 0) is 35.8 Å². The van der Waals surface area contributed by atoms with Crippen molar-refractivity contribution in [2.75, 3.05) is 0 Å². The van der Waals surface area contributed by atoms with E-state index in [-0.39, 0.29) is 11.5 Å². The summed E-state index contributed by atoms with van der Waals surface area (Å²) in [5.41, 5.74) is 7.69. The number of rotatable bonds is 3. The molecule has 0 amide bonds. The van der Waals surface area contributed by atoms with Crippen LogP contribution in [0.25, 0.3) is 0 Å². The highest BCUT2D eigenvalue weighted by Gasteiger charge is 2.25. The molecule has 0 aromatic carbocycles. The highest BCUT2D eigenvalue weighted by molar-refractivity contribution is 7.10. The van der Waals surface area contributed by atoms with Crippen LogP contribution >= 0.6 is 11.3 Å². The lowest BCUT2D eigenvalue weighted by atomic mass is 9.80. The van der Waals surface area contributed by atoms with E-state index < -0.39 is 0 Å². The van der Waals surface area contributed by atoms with E-state index in [0.29, 0.717) is 0 Å². The van der Waals surface area contributed by atoms with Crippen LogP contribution in [-0.2, 0) is 0 Å². The van der Waals surface area contributed by atoms with Gasteiger partial charge in [0.25, 0.3) is 0 Å². The smallest absolute Gasteiger partial charge is 0.0355 e. The van der Waals surface area contributed by atoms with Gasteiger partial charge in [0.2, 0.25) is 0 Å². The Bertz CT molecular complexity index is 275. The summed E-state index contributed by atoms with van der Waals surface area (Å²) in [4.78, 5) is 1.34. The van der Waals surface area contributed by atoms with Crippen molar-refractivity contribution in [3.63, 3.8) is 0 Å². The first-order valence-corrected chi connectivity index (χ1v) is 5.66. The summed E-state index contributed by atoms with van der Waals surface area (Å²) >= 11 is 1.78. The Morgan fingerprint density at radius 3 is 2.54 bits per heavy atom. The van der Waals surface area contributed by atoms with Crippen LogP contribution in [-0.4, -0.2) is 0 Å². The van der Waals surface area contributed by atoms with Gasteiger partial charge < -0.3 is 5.73 Å². The van der Waals surface area contributed by atoms with Crippen molar-refractivity contribution in [2.24, 2.45) is 11.1 Å². The van der Waals surface area contributed by atoms with Crippen LogP contribution in [0.5, 0.6) is 0 Å². The predicted octanol–water partition coefficient (Wildman–Crippen LogP) is 3.49. The van der Waals surface area contributed by atoms with Gasteiger partial charge in [0.05, 0.1) is 0 Å². The third-order valence-electron chi connectivity index (χ3n) is 2.86. The van der Waals surface area contributed by atoms with Crippen LogP contribution in [0.2, 0.25) is 0 Å². The van der Waals surface area contributed by atoms with Gasteiger partial charge >= 0.3 is 0 Å². The maximum Gasteiger partial charge on any atom is 0.0355 e. The SMILES string of the molecule is CCC(C)(C)C(N)c1csc(C)c1. The van der Waals surface area contributed by atoms with Crippen LogP contribution in [0, 0.1) is 12.3 Å². The summed E-state index contributed by atoms with van der Waals surface area (Å²) in [5.74, 6) is 0. The Hall–Kier alpha value is -0.340. The van der Waals surface area contributed by atoms with Gasteiger partial charge in [-0.1, -0.05) is 20.8 Å². The molecule has 0 spiro atoms. The average molecular weight is 197 g/mol. The van der Waals surface area contributed by atoms with E-state index in [1.54, 1.807) is 11.3 Å². The summed E-state index contributed by atoms with van der Waals surface area (Å²) < 4.78 is 0. The van der Waals surface area contributed by atoms with Gasteiger partial charge in [0.1, 0.15) is 0 Å². The van der Waals surface area contributed by atoms with E-state index >= 15 is 0 Å². The van der Waals surface area contributed by atoms with Gasteiger partial charge in [-0.15, -0.1) is 11.3 Å². The monoisotopic (exact) mass is 197 g/mol. The molecule has 1 atom stereocenters. The minimum atomic E-state index is 0.169. The zero-order valence-electron chi connectivity index (χ0n) is 8.92.